The number of carboxylic acids is 1. The second-order valence-corrected chi connectivity index (χ2v) is 4.32. The third-order valence-corrected chi connectivity index (χ3v) is 2.82. The van der Waals surface area contributed by atoms with Gasteiger partial charge in [-0.3, -0.25) is 0 Å². The van der Waals surface area contributed by atoms with E-state index >= 15 is 0 Å². The molecule has 20 heavy (non-hydrogen) atoms. The maximum Gasteiger partial charge on any atom is 0.335 e. The lowest BCUT2D eigenvalue weighted by Gasteiger charge is -2.08. The molecular weight excluding hydrogens is 266 g/mol. The van der Waals surface area contributed by atoms with Gasteiger partial charge in [0.15, 0.2) is 11.6 Å². The van der Waals surface area contributed by atoms with Gasteiger partial charge in [0.05, 0.1) is 5.56 Å². The number of benzene rings is 2. The predicted molar refractivity (Wildman–Crippen MR) is 68.8 cm³/mol. The van der Waals surface area contributed by atoms with Crippen molar-refractivity contribution < 1.29 is 23.4 Å². The molecule has 0 radical (unpaired) electrons. The minimum Gasteiger partial charge on any atom is -0.489 e. The van der Waals surface area contributed by atoms with E-state index in [9.17, 15) is 13.6 Å². The third-order valence-electron chi connectivity index (χ3n) is 2.82. The van der Waals surface area contributed by atoms with Gasteiger partial charge in [-0.25, -0.2) is 13.6 Å². The number of aryl methyl sites for hydroxylation is 1. The van der Waals surface area contributed by atoms with Crippen molar-refractivity contribution in [2.75, 3.05) is 0 Å². The van der Waals surface area contributed by atoms with Gasteiger partial charge in [0.1, 0.15) is 12.4 Å². The fraction of sp³-hybridized carbons (Fsp3) is 0.133. The molecule has 104 valence electrons. The Kier molecular flexibility index (Phi) is 3.98. The van der Waals surface area contributed by atoms with Crippen molar-refractivity contribution in [1.82, 2.24) is 0 Å². The molecule has 0 aliphatic rings. The maximum atomic E-state index is 13.0. The molecular formula is C15H12F2O3. The molecule has 0 aliphatic carbocycles. The molecule has 2 aromatic carbocycles. The predicted octanol–water partition coefficient (Wildman–Crippen LogP) is 3.55. The minimum atomic E-state index is -1.00. The van der Waals surface area contributed by atoms with Crippen LogP contribution in [0.25, 0.3) is 0 Å². The zero-order valence-corrected chi connectivity index (χ0v) is 10.7. The minimum absolute atomic E-state index is 0.0725. The summed E-state index contributed by atoms with van der Waals surface area (Å²) in [4.78, 5) is 10.9. The number of hydrogen-bond donors (Lipinski definition) is 1. The molecule has 0 saturated carbocycles. The van der Waals surface area contributed by atoms with Crippen molar-refractivity contribution in [3.8, 4) is 5.75 Å². The zero-order valence-electron chi connectivity index (χ0n) is 10.7. The van der Waals surface area contributed by atoms with Gasteiger partial charge in [-0.2, -0.15) is 0 Å². The highest BCUT2D eigenvalue weighted by Crippen LogP contribution is 2.19. The van der Waals surface area contributed by atoms with Crippen LogP contribution in [0.3, 0.4) is 0 Å². The third kappa shape index (κ3) is 3.12. The molecule has 0 aliphatic heterocycles. The molecule has 2 aromatic rings. The van der Waals surface area contributed by atoms with Crippen LogP contribution < -0.4 is 4.74 Å². The normalized spacial score (nSPS) is 10.3. The highest BCUT2D eigenvalue weighted by molar-refractivity contribution is 5.89. The van der Waals surface area contributed by atoms with E-state index in [4.69, 9.17) is 9.84 Å². The summed E-state index contributed by atoms with van der Waals surface area (Å²) in [6.45, 7) is 1.73. The molecule has 0 fully saturated rings. The summed E-state index contributed by atoms with van der Waals surface area (Å²) in [5, 5.41) is 8.90. The lowest BCUT2D eigenvalue weighted by Crippen LogP contribution is -2.01. The van der Waals surface area contributed by atoms with E-state index in [1.807, 2.05) is 0 Å². The van der Waals surface area contributed by atoms with Gasteiger partial charge in [-0.15, -0.1) is 0 Å². The summed E-state index contributed by atoms with van der Waals surface area (Å²) in [6, 6.07) is 8.08. The summed E-state index contributed by atoms with van der Waals surface area (Å²) >= 11 is 0. The average Bonchev–Trinajstić information content (AvgIpc) is 2.40. The van der Waals surface area contributed by atoms with Gasteiger partial charge in [0.25, 0.3) is 0 Å². The lowest BCUT2D eigenvalue weighted by atomic mass is 10.1. The summed E-state index contributed by atoms with van der Waals surface area (Å²) in [6.07, 6.45) is 0. The Bertz CT molecular complexity index is 654. The standard InChI is InChI=1S/C15H12F2O3/c1-9-6-11(3-4-12(9)15(18)19)20-8-10-2-5-13(16)14(17)7-10/h2-7H,8H2,1H3,(H,18,19). The average molecular weight is 278 g/mol. The van der Waals surface area contributed by atoms with Gasteiger partial charge >= 0.3 is 5.97 Å². The molecule has 0 atom stereocenters. The number of rotatable bonds is 4. The highest BCUT2D eigenvalue weighted by Gasteiger charge is 2.08. The monoisotopic (exact) mass is 278 g/mol. The highest BCUT2D eigenvalue weighted by atomic mass is 19.2. The topological polar surface area (TPSA) is 46.5 Å². The Morgan fingerprint density at radius 1 is 1.15 bits per heavy atom. The van der Waals surface area contributed by atoms with Gasteiger partial charge in [0.2, 0.25) is 0 Å². The molecule has 0 unspecified atom stereocenters. The molecule has 1 N–H and O–H groups in total. The van der Waals surface area contributed by atoms with Gasteiger partial charge < -0.3 is 9.84 Å². The molecule has 2 rings (SSSR count). The number of hydrogen-bond acceptors (Lipinski definition) is 2. The smallest absolute Gasteiger partial charge is 0.335 e. The molecule has 0 amide bonds. The van der Waals surface area contributed by atoms with E-state index in [1.165, 1.54) is 18.2 Å². The molecule has 0 aromatic heterocycles. The van der Waals surface area contributed by atoms with Gasteiger partial charge in [0, 0.05) is 0 Å². The van der Waals surface area contributed by atoms with Crippen LogP contribution >= 0.6 is 0 Å². The summed E-state index contributed by atoms with van der Waals surface area (Å²) in [5.74, 6) is -2.37. The Labute approximate surface area is 114 Å². The van der Waals surface area contributed by atoms with Crippen LogP contribution in [0.4, 0.5) is 8.78 Å². The molecule has 0 bridgehead atoms. The number of aromatic carboxylic acids is 1. The first-order chi connectivity index (χ1) is 9.47. The molecule has 5 heteroatoms. The quantitative estimate of drug-likeness (QED) is 0.930. The van der Waals surface area contributed by atoms with Crippen molar-refractivity contribution >= 4 is 5.97 Å². The Balaban J connectivity index is 2.09. The van der Waals surface area contributed by atoms with Crippen LogP contribution in [-0.4, -0.2) is 11.1 Å². The fourth-order valence-corrected chi connectivity index (χ4v) is 1.76. The van der Waals surface area contributed by atoms with Crippen molar-refractivity contribution in [2.45, 2.75) is 13.5 Å². The fourth-order valence-electron chi connectivity index (χ4n) is 1.76. The second-order valence-electron chi connectivity index (χ2n) is 4.32. The molecule has 0 saturated heterocycles. The van der Waals surface area contributed by atoms with Crippen LogP contribution in [0.5, 0.6) is 5.75 Å². The van der Waals surface area contributed by atoms with E-state index in [0.717, 1.165) is 12.1 Å². The van der Waals surface area contributed by atoms with Crippen molar-refractivity contribution in [1.29, 1.82) is 0 Å². The van der Waals surface area contributed by atoms with Crippen molar-refractivity contribution in [3.05, 3.63) is 64.7 Å². The van der Waals surface area contributed by atoms with Crippen molar-refractivity contribution in [3.63, 3.8) is 0 Å². The number of carbonyl (C=O) groups is 1. The summed E-state index contributed by atoms with van der Waals surface area (Å²) < 4.78 is 31.2. The summed E-state index contributed by atoms with van der Waals surface area (Å²) in [5.41, 5.74) is 1.26. The second kappa shape index (κ2) is 5.69. The van der Waals surface area contributed by atoms with E-state index in [2.05, 4.69) is 0 Å². The molecule has 0 spiro atoms. The van der Waals surface area contributed by atoms with Crippen LogP contribution in [0.15, 0.2) is 36.4 Å². The molecule has 0 heterocycles. The van der Waals surface area contributed by atoms with E-state index in [1.54, 1.807) is 13.0 Å². The van der Waals surface area contributed by atoms with Gasteiger partial charge in [-0.05, 0) is 48.4 Å². The number of carboxylic acid groups (broad SMARTS) is 1. The number of halogens is 2. The molecule has 3 nitrogen and oxygen atoms in total. The SMILES string of the molecule is Cc1cc(OCc2ccc(F)c(F)c2)ccc1C(=O)O. The Morgan fingerprint density at radius 3 is 2.50 bits per heavy atom. The van der Waals surface area contributed by atoms with E-state index < -0.39 is 17.6 Å². The largest absolute Gasteiger partial charge is 0.489 e. The Morgan fingerprint density at radius 2 is 1.90 bits per heavy atom. The summed E-state index contributed by atoms with van der Waals surface area (Å²) in [7, 11) is 0. The van der Waals surface area contributed by atoms with Crippen LogP contribution in [0.1, 0.15) is 21.5 Å². The van der Waals surface area contributed by atoms with Gasteiger partial charge in [-0.1, -0.05) is 6.07 Å². The van der Waals surface area contributed by atoms with Crippen molar-refractivity contribution in [2.24, 2.45) is 0 Å². The first-order valence-corrected chi connectivity index (χ1v) is 5.88. The Hall–Kier alpha value is -2.43. The lowest BCUT2D eigenvalue weighted by molar-refractivity contribution is 0.0696. The van der Waals surface area contributed by atoms with Crippen LogP contribution in [0, 0.1) is 18.6 Å². The first-order valence-electron chi connectivity index (χ1n) is 5.88. The first kappa shape index (κ1) is 14.0. The van der Waals surface area contributed by atoms with E-state index in [0.29, 0.717) is 16.9 Å². The maximum absolute atomic E-state index is 13.0. The number of ether oxygens (including phenoxy) is 1. The van der Waals surface area contributed by atoms with Crippen LogP contribution in [0.2, 0.25) is 0 Å². The van der Waals surface area contributed by atoms with E-state index in [-0.39, 0.29) is 12.2 Å². The van der Waals surface area contributed by atoms with Crippen LogP contribution in [-0.2, 0) is 6.61 Å². The zero-order chi connectivity index (χ0) is 14.7.